The zero-order chi connectivity index (χ0) is 14.3. The highest BCUT2D eigenvalue weighted by molar-refractivity contribution is 6.38. The van der Waals surface area contributed by atoms with Crippen molar-refractivity contribution in [2.45, 2.75) is 13.8 Å². The summed E-state index contributed by atoms with van der Waals surface area (Å²) in [6, 6.07) is 11.6. The summed E-state index contributed by atoms with van der Waals surface area (Å²) in [4.78, 5) is 8.99. The Kier molecular flexibility index (Phi) is 3.36. The highest BCUT2D eigenvalue weighted by Crippen LogP contribution is 2.30. The van der Waals surface area contributed by atoms with Crippen molar-refractivity contribution in [3.8, 4) is 11.4 Å². The van der Waals surface area contributed by atoms with Crippen LogP contribution in [0.1, 0.15) is 11.1 Å². The number of aromatic nitrogens is 2. The molecule has 0 saturated heterocycles. The zero-order valence-electron chi connectivity index (χ0n) is 11.1. The Labute approximate surface area is 127 Å². The van der Waals surface area contributed by atoms with E-state index in [1.807, 2.05) is 24.3 Å². The van der Waals surface area contributed by atoms with Crippen LogP contribution in [0.4, 0.5) is 0 Å². The maximum Gasteiger partial charge on any atom is 0.161 e. The molecule has 0 unspecified atom stereocenters. The zero-order valence-corrected chi connectivity index (χ0v) is 12.6. The number of rotatable bonds is 1. The van der Waals surface area contributed by atoms with E-state index in [9.17, 15) is 0 Å². The highest BCUT2D eigenvalue weighted by Gasteiger charge is 2.12. The minimum absolute atomic E-state index is 0.424. The van der Waals surface area contributed by atoms with Crippen molar-refractivity contribution in [1.29, 1.82) is 0 Å². The maximum absolute atomic E-state index is 6.27. The highest BCUT2D eigenvalue weighted by atomic mass is 35.5. The first-order valence-corrected chi connectivity index (χ1v) is 7.02. The van der Waals surface area contributed by atoms with E-state index in [1.54, 1.807) is 6.07 Å². The van der Waals surface area contributed by atoms with Crippen LogP contribution in [-0.2, 0) is 0 Å². The summed E-state index contributed by atoms with van der Waals surface area (Å²) in [6.45, 7) is 4.12. The Bertz CT molecular complexity index is 813. The Morgan fingerprint density at radius 2 is 1.65 bits per heavy atom. The lowest BCUT2D eigenvalue weighted by Gasteiger charge is -2.09. The minimum atomic E-state index is 0.424. The van der Waals surface area contributed by atoms with Crippen molar-refractivity contribution in [2.24, 2.45) is 0 Å². The van der Waals surface area contributed by atoms with E-state index in [1.165, 1.54) is 5.56 Å². The number of benzene rings is 2. The lowest BCUT2D eigenvalue weighted by molar-refractivity contribution is 1.20. The summed E-state index contributed by atoms with van der Waals surface area (Å²) in [7, 11) is 0. The van der Waals surface area contributed by atoms with Crippen LogP contribution in [0.5, 0.6) is 0 Å². The number of nitrogens with zero attached hydrogens (tertiary/aromatic N) is 2. The van der Waals surface area contributed by atoms with E-state index in [0.29, 0.717) is 21.5 Å². The Hall–Kier alpha value is -1.64. The van der Waals surface area contributed by atoms with Crippen molar-refractivity contribution in [2.75, 3.05) is 0 Å². The van der Waals surface area contributed by atoms with Crippen molar-refractivity contribution in [3.05, 3.63) is 57.7 Å². The number of hydrogen-bond donors (Lipinski definition) is 0. The lowest BCUT2D eigenvalue weighted by Crippen LogP contribution is -1.95. The second-order valence-corrected chi connectivity index (χ2v) is 5.49. The lowest BCUT2D eigenvalue weighted by atomic mass is 10.0. The van der Waals surface area contributed by atoms with Gasteiger partial charge in [-0.05, 0) is 37.1 Å². The second-order valence-electron chi connectivity index (χ2n) is 4.72. The number of aryl methyl sites for hydroxylation is 1. The maximum atomic E-state index is 6.27. The molecule has 3 rings (SSSR count). The third kappa shape index (κ3) is 2.15. The van der Waals surface area contributed by atoms with Crippen LogP contribution in [0.3, 0.4) is 0 Å². The molecular weight excluding hydrogens is 291 g/mol. The van der Waals surface area contributed by atoms with Crippen molar-refractivity contribution >= 4 is 34.1 Å². The molecule has 0 amide bonds. The van der Waals surface area contributed by atoms with Crippen LogP contribution in [0, 0.1) is 13.8 Å². The third-order valence-corrected chi connectivity index (χ3v) is 4.07. The molecule has 1 aromatic heterocycles. The monoisotopic (exact) mass is 302 g/mol. The van der Waals surface area contributed by atoms with Crippen molar-refractivity contribution in [3.63, 3.8) is 0 Å². The fourth-order valence-electron chi connectivity index (χ4n) is 2.19. The van der Waals surface area contributed by atoms with E-state index in [0.717, 1.165) is 16.5 Å². The summed E-state index contributed by atoms with van der Waals surface area (Å²) in [6.07, 6.45) is 0. The topological polar surface area (TPSA) is 25.8 Å². The molecule has 20 heavy (non-hydrogen) atoms. The van der Waals surface area contributed by atoms with Crippen LogP contribution < -0.4 is 0 Å². The molecule has 0 aliphatic heterocycles. The predicted octanol–water partition coefficient (Wildman–Crippen LogP) is 5.22. The molecule has 3 aromatic rings. The molecule has 0 radical (unpaired) electrons. The fourth-order valence-corrected chi connectivity index (χ4v) is 2.64. The second kappa shape index (κ2) is 5.04. The van der Waals surface area contributed by atoms with Crippen LogP contribution in [0.2, 0.25) is 10.2 Å². The van der Waals surface area contributed by atoms with Gasteiger partial charge in [0.15, 0.2) is 5.82 Å². The van der Waals surface area contributed by atoms with Gasteiger partial charge in [0.1, 0.15) is 5.15 Å². The van der Waals surface area contributed by atoms with E-state index < -0.39 is 0 Å². The molecule has 0 fully saturated rings. The summed E-state index contributed by atoms with van der Waals surface area (Å²) in [5, 5.41) is 1.78. The van der Waals surface area contributed by atoms with Gasteiger partial charge < -0.3 is 0 Å². The van der Waals surface area contributed by atoms with Crippen LogP contribution in [0.15, 0.2) is 36.4 Å². The van der Waals surface area contributed by atoms with Gasteiger partial charge in [0.2, 0.25) is 0 Å². The summed E-state index contributed by atoms with van der Waals surface area (Å²) < 4.78 is 0. The average molecular weight is 303 g/mol. The standard InChI is InChI=1S/C16H12Cl2N2/c1-9-5-3-6-11(10(9)2)16-19-14-12(15(18)20-16)7-4-8-13(14)17/h3-8H,1-2H3. The normalized spacial score (nSPS) is 11.0. The van der Waals surface area contributed by atoms with Crippen molar-refractivity contribution in [1.82, 2.24) is 9.97 Å². The molecule has 0 N–H and O–H groups in total. The first-order valence-electron chi connectivity index (χ1n) is 6.26. The molecule has 4 heteroatoms. The molecule has 0 aliphatic rings. The molecular formula is C16H12Cl2N2. The van der Waals surface area contributed by atoms with Gasteiger partial charge in [0.25, 0.3) is 0 Å². The molecule has 100 valence electrons. The van der Waals surface area contributed by atoms with Gasteiger partial charge in [-0.1, -0.05) is 47.5 Å². The van der Waals surface area contributed by atoms with Gasteiger partial charge in [0.05, 0.1) is 10.5 Å². The molecule has 1 heterocycles. The van der Waals surface area contributed by atoms with Gasteiger partial charge >= 0.3 is 0 Å². The van der Waals surface area contributed by atoms with E-state index >= 15 is 0 Å². The van der Waals surface area contributed by atoms with Gasteiger partial charge in [-0.15, -0.1) is 0 Å². The van der Waals surface area contributed by atoms with E-state index in [4.69, 9.17) is 23.2 Å². The molecule has 0 aliphatic carbocycles. The molecule has 2 nitrogen and oxygen atoms in total. The van der Waals surface area contributed by atoms with E-state index in [2.05, 4.69) is 29.9 Å². The van der Waals surface area contributed by atoms with E-state index in [-0.39, 0.29) is 0 Å². The molecule has 0 atom stereocenters. The number of fused-ring (bicyclic) bond motifs is 1. The first-order chi connectivity index (χ1) is 9.58. The van der Waals surface area contributed by atoms with Crippen LogP contribution in [0.25, 0.3) is 22.3 Å². The summed E-state index contributed by atoms with van der Waals surface area (Å²) in [5.74, 6) is 0.608. The van der Waals surface area contributed by atoms with Gasteiger partial charge in [0, 0.05) is 10.9 Å². The SMILES string of the molecule is Cc1cccc(-c2nc(Cl)c3cccc(Cl)c3n2)c1C. The third-order valence-electron chi connectivity index (χ3n) is 3.48. The molecule has 0 bridgehead atoms. The first kappa shape index (κ1) is 13.3. The van der Waals surface area contributed by atoms with Crippen molar-refractivity contribution < 1.29 is 0 Å². The molecule has 2 aromatic carbocycles. The van der Waals surface area contributed by atoms with Gasteiger partial charge in [-0.2, -0.15) is 0 Å². The van der Waals surface area contributed by atoms with Gasteiger partial charge in [-0.25, -0.2) is 9.97 Å². The quantitative estimate of drug-likeness (QED) is 0.576. The Morgan fingerprint density at radius 1 is 0.900 bits per heavy atom. The Morgan fingerprint density at radius 3 is 2.45 bits per heavy atom. The minimum Gasteiger partial charge on any atom is -0.226 e. The average Bonchev–Trinajstić information content (AvgIpc) is 2.43. The van der Waals surface area contributed by atoms with Crippen LogP contribution >= 0.6 is 23.2 Å². The van der Waals surface area contributed by atoms with Gasteiger partial charge in [-0.3, -0.25) is 0 Å². The molecule has 0 spiro atoms. The number of para-hydroxylation sites is 1. The summed E-state index contributed by atoms with van der Waals surface area (Å²) >= 11 is 12.5. The Balaban J connectivity index is 2.33. The predicted molar refractivity (Wildman–Crippen MR) is 84.5 cm³/mol. The fraction of sp³-hybridized carbons (Fsp3) is 0.125. The number of hydrogen-bond acceptors (Lipinski definition) is 2. The largest absolute Gasteiger partial charge is 0.226 e. The smallest absolute Gasteiger partial charge is 0.161 e. The van der Waals surface area contributed by atoms with Crippen LogP contribution in [-0.4, -0.2) is 9.97 Å². The molecule has 0 saturated carbocycles. The summed E-state index contributed by atoms with van der Waals surface area (Å²) in [5.41, 5.74) is 4.01. The number of halogens is 2.